The number of aromatic nitrogens is 1. The molecule has 0 atom stereocenters. The lowest BCUT2D eigenvalue weighted by atomic mass is 9.96. The van der Waals surface area contributed by atoms with Crippen LogP contribution in [0.15, 0.2) is 42.5 Å². The van der Waals surface area contributed by atoms with Crippen molar-refractivity contribution in [2.75, 3.05) is 0 Å². The summed E-state index contributed by atoms with van der Waals surface area (Å²) in [7, 11) is 0. The number of fused-ring (bicyclic) bond motifs is 1. The van der Waals surface area contributed by atoms with Crippen molar-refractivity contribution < 1.29 is 9.90 Å². The minimum atomic E-state index is -0.908. The smallest absolute Gasteiger partial charge is 0.336 e. The summed E-state index contributed by atoms with van der Waals surface area (Å²) in [4.78, 5) is 16.6. The molecule has 0 fully saturated rings. The topological polar surface area (TPSA) is 50.2 Å². The van der Waals surface area contributed by atoms with Crippen LogP contribution in [0.25, 0.3) is 22.2 Å². The number of carboxylic acid groups (broad SMARTS) is 1. The van der Waals surface area contributed by atoms with E-state index in [0.29, 0.717) is 16.5 Å². The second kappa shape index (κ2) is 6.44. The van der Waals surface area contributed by atoms with E-state index in [9.17, 15) is 9.90 Å². The zero-order valence-electron chi connectivity index (χ0n) is 14.3. The maximum absolute atomic E-state index is 11.8. The van der Waals surface area contributed by atoms with Gasteiger partial charge in [-0.05, 0) is 43.5 Å². The Morgan fingerprint density at radius 1 is 1.08 bits per heavy atom. The Morgan fingerprint density at radius 2 is 1.79 bits per heavy atom. The van der Waals surface area contributed by atoms with Crippen molar-refractivity contribution in [1.82, 2.24) is 4.98 Å². The molecule has 1 N–H and O–H groups in total. The standard InChI is InChI=1S/C21H21NO2/c1-4-5-15-7-9-16(10-8-15)20-14(3)19(21(23)24)17-12-13(2)6-11-18(17)22-20/h6-12H,4-5H2,1-3H3,(H,23,24). The molecule has 1 heterocycles. The van der Waals surface area contributed by atoms with Gasteiger partial charge in [0.2, 0.25) is 0 Å². The lowest BCUT2D eigenvalue weighted by Gasteiger charge is -2.13. The van der Waals surface area contributed by atoms with Gasteiger partial charge < -0.3 is 5.11 Å². The lowest BCUT2D eigenvalue weighted by molar-refractivity contribution is 0.0698. The highest BCUT2D eigenvalue weighted by molar-refractivity contribution is 6.05. The van der Waals surface area contributed by atoms with E-state index in [1.807, 2.05) is 44.2 Å². The monoisotopic (exact) mass is 319 g/mol. The summed E-state index contributed by atoms with van der Waals surface area (Å²) in [5, 5.41) is 10.4. The number of rotatable bonds is 4. The van der Waals surface area contributed by atoms with Crippen molar-refractivity contribution in [1.29, 1.82) is 0 Å². The second-order valence-electron chi connectivity index (χ2n) is 6.23. The van der Waals surface area contributed by atoms with Crippen LogP contribution < -0.4 is 0 Å². The molecule has 0 saturated carbocycles. The van der Waals surface area contributed by atoms with Crippen LogP contribution in [0.1, 0.15) is 40.4 Å². The summed E-state index contributed by atoms with van der Waals surface area (Å²) in [5.41, 5.74) is 5.79. The van der Waals surface area contributed by atoms with Gasteiger partial charge in [0.1, 0.15) is 0 Å². The van der Waals surface area contributed by atoms with Gasteiger partial charge in [-0.2, -0.15) is 0 Å². The van der Waals surface area contributed by atoms with E-state index in [2.05, 4.69) is 19.1 Å². The van der Waals surface area contributed by atoms with Gasteiger partial charge in [0.05, 0.1) is 16.8 Å². The number of nitrogens with zero attached hydrogens (tertiary/aromatic N) is 1. The van der Waals surface area contributed by atoms with E-state index in [-0.39, 0.29) is 0 Å². The van der Waals surface area contributed by atoms with Gasteiger partial charge in [-0.3, -0.25) is 0 Å². The molecule has 2 aromatic carbocycles. The van der Waals surface area contributed by atoms with Crippen LogP contribution in [0.5, 0.6) is 0 Å². The number of pyridine rings is 1. The number of benzene rings is 2. The summed E-state index contributed by atoms with van der Waals surface area (Å²) < 4.78 is 0. The van der Waals surface area contributed by atoms with Crippen molar-refractivity contribution in [2.24, 2.45) is 0 Å². The molecular weight excluding hydrogens is 298 g/mol. The van der Waals surface area contributed by atoms with Crippen LogP contribution in [0.2, 0.25) is 0 Å². The minimum Gasteiger partial charge on any atom is -0.478 e. The van der Waals surface area contributed by atoms with Crippen LogP contribution in [0.4, 0.5) is 0 Å². The highest BCUT2D eigenvalue weighted by atomic mass is 16.4. The van der Waals surface area contributed by atoms with Crippen molar-refractivity contribution in [3.8, 4) is 11.3 Å². The number of aryl methyl sites for hydroxylation is 2. The number of carbonyl (C=O) groups is 1. The van der Waals surface area contributed by atoms with Crippen molar-refractivity contribution >= 4 is 16.9 Å². The third-order valence-electron chi connectivity index (χ3n) is 4.36. The van der Waals surface area contributed by atoms with Crippen LogP contribution in [-0.4, -0.2) is 16.1 Å². The molecule has 1 aromatic heterocycles. The fraction of sp³-hybridized carbons (Fsp3) is 0.238. The molecule has 0 aliphatic heterocycles. The molecule has 0 radical (unpaired) electrons. The molecule has 0 saturated heterocycles. The molecule has 0 amide bonds. The molecule has 3 heteroatoms. The molecule has 122 valence electrons. The van der Waals surface area contributed by atoms with E-state index < -0.39 is 5.97 Å². The summed E-state index contributed by atoms with van der Waals surface area (Å²) in [6, 6.07) is 14.0. The largest absolute Gasteiger partial charge is 0.478 e. The molecule has 3 aromatic rings. The predicted octanol–water partition coefficient (Wildman–Crippen LogP) is 5.17. The summed E-state index contributed by atoms with van der Waals surface area (Å²) >= 11 is 0. The Hall–Kier alpha value is -2.68. The summed E-state index contributed by atoms with van der Waals surface area (Å²) in [5.74, 6) is -0.908. The fourth-order valence-corrected chi connectivity index (χ4v) is 3.15. The molecule has 0 bridgehead atoms. The maximum atomic E-state index is 11.8. The molecule has 3 nitrogen and oxygen atoms in total. The second-order valence-corrected chi connectivity index (χ2v) is 6.23. The highest BCUT2D eigenvalue weighted by Crippen LogP contribution is 2.30. The molecule has 0 unspecified atom stereocenters. The van der Waals surface area contributed by atoms with Gasteiger partial charge in [-0.25, -0.2) is 9.78 Å². The SMILES string of the molecule is CCCc1ccc(-c2nc3ccc(C)cc3c(C(=O)O)c2C)cc1. The number of hydrogen-bond acceptors (Lipinski definition) is 2. The zero-order valence-corrected chi connectivity index (χ0v) is 14.3. The Balaban J connectivity index is 2.23. The Morgan fingerprint density at radius 3 is 2.42 bits per heavy atom. The predicted molar refractivity (Wildman–Crippen MR) is 97.6 cm³/mol. The average molecular weight is 319 g/mol. The summed E-state index contributed by atoms with van der Waals surface area (Å²) in [6.07, 6.45) is 2.15. The first-order valence-corrected chi connectivity index (χ1v) is 8.25. The van der Waals surface area contributed by atoms with Gasteiger partial charge in [-0.1, -0.05) is 49.2 Å². The first-order valence-electron chi connectivity index (χ1n) is 8.25. The number of hydrogen-bond donors (Lipinski definition) is 1. The normalized spacial score (nSPS) is 11.0. The average Bonchev–Trinajstić information content (AvgIpc) is 2.55. The lowest BCUT2D eigenvalue weighted by Crippen LogP contribution is -2.05. The van der Waals surface area contributed by atoms with E-state index in [1.54, 1.807) is 0 Å². The van der Waals surface area contributed by atoms with Crippen molar-refractivity contribution in [3.05, 3.63) is 64.7 Å². The van der Waals surface area contributed by atoms with E-state index >= 15 is 0 Å². The van der Waals surface area contributed by atoms with Gasteiger partial charge >= 0.3 is 5.97 Å². The van der Waals surface area contributed by atoms with Crippen LogP contribution >= 0.6 is 0 Å². The zero-order chi connectivity index (χ0) is 17.3. The first-order chi connectivity index (χ1) is 11.5. The van der Waals surface area contributed by atoms with Gasteiger partial charge in [-0.15, -0.1) is 0 Å². The fourth-order valence-electron chi connectivity index (χ4n) is 3.15. The number of carboxylic acids is 1. The molecule has 0 aliphatic carbocycles. The van der Waals surface area contributed by atoms with Crippen LogP contribution in [-0.2, 0) is 6.42 Å². The summed E-state index contributed by atoms with van der Waals surface area (Å²) in [6.45, 7) is 5.96. The van der Waals surface area contributed by atoms with Gasteiger partial charge in [0.15, 0.2) is 0 Å². The van der Waals surface area contributed by atoms with E-state index in [0.717, 1.165) is 35.2 Å². The molecular formula is C21H21NO2. The van der Waals surface area contributed by atoms with E-state index in [4.69, 9.17) is 4.98 Å². The minimum absolute atomic E-state index is 0.344. The van der Waals surface area contributed by atoms with Gasteiger partial charge in [0, 0.05) is 10.9 Å². The Labute approximate surface area is 142 Å². The molecule has 0 aliphatic rings. The quantitative estimate of drug-likeness (QED) is 0.722. The Bertz CT molecular complexity index is 911. The number of aromatic carboxylic acids is 1. The first kappa shape index (κ1) is 16.2. The van der Waals surface area contributed by atoms with Gasteiger partial charge in [0.25, 0.3) is 0 Å². The third-order valence-corrected chi connectivity index (χ3v) is 4.36. The molecule has 0 spiro atoms. The maximum Gasteiger partial charge on any atom is 0.336 e. The Kier molecular flexibility index (Phi) is 4.34. The van der Waals surface area contributed by atoms with Crippen LogP contribution in [0.3, 0.4) is 0 Å². The van der Waals surface area contributed by atoms with Crippen molar-refractivity contribution in [2.45, 2.75) is 33.6 Å². The third kappa shape index (κ3) is 2.90. The van der Waals surface area contributed by atoms with E-state index in [1.165, 1.54) is 5.56 Å². The molecule has 3 rings (SSSR count). The highest BCUT2D eigenvalue weighted by Gasteiger charge is 2.18. The van der Waals surface area contributed by atoms with Crippen LogP contribution in [0, 0.1) is 13.8 Å². The molecule has 24 heavy (non-hydrogen) atoms. The van der Waals surface area contributed by atoms with Crippen molar-refractivity contribution in [3.63, 3.8) is 0 Å².